The summed E-state index contributed by atoms with van der Waals surface area (Å²) in [5.41, 5.74) is 0.526. The molecule has 13 nitrogen and oxygen atoms in total. The van der Waals surface area contributed by atoms with Crippen molar-refractivity contribution in [2.75, 3.05) is 32.8 Å². The highest BCUT2D eigenvalue weighted by Gasteiger charge is 2.45. The molecule has 254 valence electrons. The molecule has 0 aliphatic carbocycles. The second kappa shape index (κ2) is 16.2. The predicted molar refractivity (Wildman–Crippen MR) is 176 cm³/mol. The van der Waals surface area contributed by atoms with Gasteiger partial charge >= 0.3 is 0 Å². The van der Waals surface area contributed by atoms with Crippen LogP contribution in [-0.4, -0.2) is 95.2 Å². The number of likely N-dealkylation sites (tertiary alicyclic amines) is 1. The van der Waals surface area contributed by atoms with Crippen LogP contribution in [0, 0.1) is 0 Å². The van der Waals surface area contributed by atoms with Gasteiger partial charge in [0.2, 0.25) is 17.7 Å². The molecule has 4 heterocycles. The Bertz CT molecular complexity index is 1530. The minimum atomic E-state index is -1.37. The lowest BCUT2D eigenvalue weighted by Gasteiger charge is -2.41. The molecule has 6 rings (SSSR count). The van der Waals surface area contributed by atoms with E-state index >= 15 is 0 Å². The van der Waals surface area contributed by atoms with Crippen LogP contribution < -0.4 is 30.7 Å². The van der Waals surface area contributed by atoms with Crippen LogP contribution in [0.5, 0.6) is 11.5 Å². The van der Waals surface area contributed by atoms with Gasteiger partial charge in [0, 0.05) is 51.3 Å². The number of carbonyl (C=O) groups is 4. The second-order valence-corrected chi connectivity index (χ2v) is 12.0. The summed E-state index contributed by atoms with van der Waals surface area (Å²) in [7, 11) is 0. The third-order valence-electron chi connectivity index (χ3n) is 8.49. The highest BCUT2D eigenvalue weighted by molar-refractivity contribution is 5.95. The number of aromatic nitrogens is 1. The molecule has 5 N–H and O–H groups in total. The molecule has 0 radical (unpaired) electrons. The number of fused-ring (bicyclic) bond motifs is 15. The number of ether oxygens (including phenoxy) is 2. The van der Waals surface area contributed by atoms with Gasteiger partial charge in [0.25, 0.3) is 5.91 Å². The lowest BCUT2D eigenvalue weighted by molar-refractivity contribution is -0.144. The average molecular weight is 659 g/mol. The van der Waals surface area contributed by atoms with Crippen molar-refractivity contribution in [2.24, 2.45) is 0 Å². The van der Waals surface area contributed by atoms with Crippen molar-refractivity contribution in [3.63, 3.8) is 0 Å². The van der Waals surface area contributed by atoms with Crippen LogP contribution in [0.3, 0.4) is 0 Å². The van der Waals surface area contributed by atoms with E-state index in [4.69, 9.17) is 9.47 Å². The monoisotopic (exact) mass is 658 g/mol. The summed E-state index contributed by atoms with van der Waals surface area (Å²) in [5.74, 6) is -1.34. The van der Waals surface area contributed by atoms with Crippen molar-refractivity contribution >= 4 is 23.6 Å². The fourth-order valence-electron chi connectivity index (χ4n) is 5.72. The number of aliphatic hydroxyl groups excluding tert-OH is 1. The smallest absolute Gasteiger partial charge is 0.264 e. The summed E-state index contributed by atoms with van der Waals surface area (Å²) in [5, 5.41) is 20.7. The first kappa shape index (κ1) is 34.3. The molecule has 3 aromatic rings. The van der Waals surface area contributed by atoms with E-state index in [1.165, 1.54) is 6.92 Å². The third-order valence-corrected chi connectivity index (χ3v) is 8.49. The van der Waals surface area contributed by atoms with E-state index in [2.05, 4.69) is 31.2 Å². The molecule has 3 atom stereocenters. The molecule has 1 aromatic heterocycles. The number of carbonyl (C=O) groups excluding carboxylic acids is 4. The molecule has 0 saturated carbocycles. The van der Waals surface area contributed by atoms with Crippen LogP contribution in [-0.2, 0) is 32.1 Å². The molecule has 1 saturated heterocycles. The second-order valence-electron chi connectivity index (χ2n) is 12.0. The Hall–Kier alpha value is -5.01. The maximum Gasteiger partial charge on any atom is 0.264 e. The summed E-state index contributed by atoms with van der Waals surface area (Å²) in [6.07, 6.45) is 4.35. The van der Waals surface area contributed by atoms with Crippen LogP contribution in [0.15, 0.2) is 79.1 Å². The molecular weight excluding hydrogens is 616 g/mol. The molecule has 2 bridgehead atoms. The van der Waals surface area contributed by atoms with Crippen molar-refractivity contribution in [1.82, 2.24) is 31.2 Å². The van der Waals surface area contributed by atoms with Gasteiger partial charge in [-0.15, -0.1) is 0 Å². The zero-order chi connectivity index (χ0) is 33.9. The van der Waals surface area contributed by atoms with Gasteiger partial charge in [0.05, 0.1) is 13.2 Å². The van der Waals surface area contributed by atoms with Crippen LogP contribution in [0.1, 0.15) is 30.9 Å². The van der Waals surface area contributed by atoms with Gasteiger partial charge in [0.1, 0.15) is 36.2 Å². The Labute approximate surface area is 279 Å². The Morgan fingerprint density at radius 2 is 1.52 bits per heavy atom. The zero-order valence-electron chi connectivity index (χ0n) is 26.9. The molecule has 3 aliphatic rings. The van der Waals surface area contributed by atoms with E-state index in [9.17, 15) is 24.3 Å². The number of aliphatic hydroxyl groups is 1. The van der Waals surface area contributed by atoms with Gasteiger partial charge in [-0.1, -0.05) is 36.4 Å². The quantitative estimate of drug-likeness (QED) is 0.248. The summed E-state index contributed by atoms with van der Waals surface area (Å²) >= 11 is 0. The standard InChI is InChI=1S/C35H42N6O7/c1-24-31(43)37-16-19-47-27-9-11-28(12-10-27)48-35(13-17-41(18-14-35)22-26-8-5-15-36-21-26)34(46)40-29(20-25-6-3-2-4-7-25)32(44)39-30(23-42)33(45)38-24/h2-12,15,21,24,29-30,42H,13-14,16-20,22-23H2,1H3,(H,37,43)(H,38,45)(H,39,44)(H,40,46)/t24-,29+,30-/m0/s1. The van der Waals surface area contributed by atoms with Crippen LogP contribution in [0.25, 0.3) is 0 Å². The van der Waals surface area contributed by atoms with Gasteiger partial charge < -0.3 is 35.8 Å². The van der Waals surface area contributed by atoms with Crippen molar-refractivity contribution < 1.29 is 33.8 Å². The zero-order valence-corrected chi connectivity index (χ0v) is 26.9. The molecular formula is C35H42N6O7. The normalized spacial score (nSPS) is 22.8. The third kappa shape index (κ3) is 9.07. The predicted octanol–water partition coefficient (Wildman–Crippen LogP) is 0.713. The molecule has 1 spiro atoms. The maximum absolute atomic E-state index is 14.3. The molecule has 4 amide bonds. The number of benzene rings is 2. The van der Waals surface area contributed by atoms with Crippen LogP contribution in [0.4, 0.5) is 0 Å². The molecule has 13 heteroatoms. The van der Waals surface area contributed by atoms with E-state index < -0.39 is 54.0 Å². The van der Waals surface area contributed by atoms with E-state index in [0.29, 0.717) is 44.0 Å². The van der Waals surface area contributed by atoms with Gasteiger partial charge in [-0.3, -0.25) is 29.1 Å². The Morgan fingerprint density at radius 1 is 0.833 bits per heavy atom. The lowest BCUT2D eigenvalue weighted by Crippen LogP contribution is -2.62. The van der Waals surface area contributed by atoms with E-state index in [1.807, 2.05) is 48.7 Å². The summed E-state index contributed by atoms with van der Waals surface area (Å²) in [6, 6.07) is 16.5. The van der Waals surface area contributed by atoms with Gasteiger partial charge in [-0.2, -0.15) is 0 Å². The molecule has 2 aromatic carbocycles. The topological polar surface area (TPSA) is 171 Å². The average Bonchev–Trinajstić information content (AvgIpc) is 3.10. The lowest BCUT2D eigenvalue weighted by atomic mass is 9.89. The fraction of sp³-hybridized carbons (Fsp3) is 0.400. The Balaban J connectivity index is 1.43. The largest absolute Gasteiger partial charge is 0.492 e. The molecule has 3 aliphatic heterocycles. The first-order valence-electron chi connectivity index (χ1n) is 16.1. The van der Waals surface area contributed by atoms with E-state index in [0.717, 1.165) is 11.1 Å². The minimum absolute atomic E-state index is 0.117. The van der Waals surface area contributed by atoms with Gasteiger partial charge in [0.15, 0.2) is 5.60 Å². The number of pyridine rings is 1. The summed E-state index contributed by atoms with van der Waals surface area (Å²) in [4.78, 5) is 60.1. The molecule has 48 heavy (non-hydrogen) atoms. The van der Waals surface area contributed by atoms with Crippen molar-refractivity contribution in [3.05, 3.63) is 90.3 Å². The number of piperidine rings is 1. The summed E-state index contributed by atoms with van der Waals surface area (Å²) < 4.78 is 12.3. The number of rotatable bonds is 5. The number of amides is 4. The highest BCUT2D eigenvalue weighted by Crippen LogP contribution is 2.31. The SMILES string of the molecule is C[C@@H]1NC(=O)[C@H](CO)NC(=O)[C@@H](Cc2ccccc2)NC(=O)C2(CCN(Cc3cccnc3)CC2)Oc2ccc(cc2)OCCNC1=O. The highest BCUT2D eigenvalue weighted by atomic mass is 16.5. The number of nitrogens with one attached hydrogen (secondary N) is 4. The van der Waals surface area contributed by atoms with E-state index in [-0.39, 0.29) is 19.6 Å². The van der Waals surface area contributed by atoms with Crippen molar-refractivity contribution in [2.45, 2.75) is 56.5 Å². The van der Waals surface area contributed by atoms with Gasteiger partial charge in [-0.05, 0) is 48.4 Å². The number of nitrogens with zero attached hydrogens (tertiary/aromatic N) is 2. The van der Waals surface area contributed by atoms with Crippen molar-refractivity contribution in [3.8, 4) is 11.5 Å². The van der Waals surface area contributed by atoms with E-state index in [1.54, 1.807) is 30.5 Å². The summed E-state index contributed by atoms with van der Waals surface area (Å²) in [6.45, 7) is 2.89. The maximum atomic E-state index is 14.3. The van der Waals surface area contributed by atoms with Crippen LogP contribution >= 0.6 is 0 Å². The molecule has 0 unspecified atom stereocenters. The Morgan fingerprint density at radius 3 is 2.21 bits per heavy atom. The number of hydrogen-bond acceptors (Lipinski definition) is 9. The fourth-order valence-corrected chi connectivity index (χ4v) is 5.72. The molecule has 1 fully saturated rings. The van der Waals surface area contributed by atoms with Crippen LogP contribution in [0.2, 0.25) is 0 Å². The first-order chi connectivity index (χ1) is 23.2. The van der Waals surface area contributed by atoms with Gasteiger partial charge in [-0.25, -0.2) is 0 Å². The minimum Gasteiger partial charge on any atom is -0.492 e. The first-order valence-corrected chi connectivity index (χ1v) is 16.1. The van der Waals surface area contributed by atoms with Crippen molar-refractivity contribution in [1.29, 1.82) is 0 Å². The number of hydrogen-bond donors (Lipinski definition) is 5. The Kier molecular flexibility index (Phi) is 11.6.